The predicted molar refractivity (Wildman–Crippen MR) is 106 cm³/mol. The van der Waals surface area contributed by atoms with Gasteiger partial charge in [0.25, 0.3) is 0 Å². The van der Waals surface area contributed by atoms with Crippen molar-refractivity contribution in [1.82, 2.24) is 19.8 Å². The molecule has 5 rings (SSSR count). The maximum absolute atomic E-state index is 12.4. The topological polar surface area (TPSA) is 95.0 Å². The Labute approximate surface area is 161 Å². The number of carbonyl (C=O) groups is 1. The number of amides is 1. The zero-order chi connectivity index (χ0) is 19.1. The van der Waals surface area contributed by atoms with Crippen LogP contribution in [0.5, 0.6) is 0 Å². The Kier molecular flexibility index (Phi) is 3.80. The third kappa shape index (κ3) is 2.78. The Morgan fingerprint density at radius 3 is 2.75 bits per heavy atom. The molecule has 0 aliphatic carbocycles. The van der Waals surface area contributed by atoms with Gasteiger partial charge in [-0.15, -0.1) is 11.3 Å². The first-order valence-electron chi connectivity index (χ1n) is 8.47. The fraction of sp³-hybridized carbons (Fsp3) is 0.0526. The van der Waals surface area contributed by atoms with Crippen LogP contribution in [0.15, 0.2) is 69.2 Å². The summed E-state index contributed by atoms with van der Waals surface area (Å²) in [6.45, 7) is -0.228. The highest BCUT2D eigenvalue weighted by atomic mass is 32.1. The SMILES string of the molecule is O=C(Cn1nnn(-c2cccs2)c1=O)Nc1ccc2oc3ccccc3c2c1. The number of carbonyl (C=O) groups excluding carboxylic acids is 1. The largest absolute Gasteiger partial charge is 0.456 e. The summed E-state index contributed by atoms with van der Waals surface area (Å²) in [6, 6.07) is 16.7. The molecule has 28 heavy (non-hydrogen) atoms. The fourth-order valence-corrected chi connectivity index (χ4v) is 3.71. The van der Waals surface area contributed by atoms with Gasteiger partial charge in [-0.25, -0.2) is 4.79 Å². The lowest BCUT2D eigenvalue weighted by atomic mass is 10.1. The first-order valence-corrected chi connectivity index (χ1v) is 9.35. The summed E-state index contributed by atoms with van der Waals surface area (Å²) in [7, 11) is 0. The lowest BCUT2D eigenvalue weighted by Crippen LogP contribution is -2.29. The number of tetrazole rings is 1. The van der Waals surface area contributed by atoms with Crippen LogP contribution in [0.2, 0.25) is 0 Å². The molecular formula is C19H13N5O3S. The molecule has 5 aromatic rings. The van der Waals surface area contributed by atoms with Crippen LogP contribution < -0.4 is 11.0 Å². The van der Waals surface area contributed by atoms with Gasteiger partial charge in [-0.2, -0.15) is 9.36 Å². The predicted octanol–water partition coefficient (Wildman–Crippen LogP) is 3.03. The summed E-state index contributed by atoms with van der Waals surface area (Å²) in [5.74, 6) is -0.368. The van der Waals surface area contributed by atoms with E-state index >= 15 is 0 Å². The monoisotopic (exact) mass is 391 g/mol. The molecule has 8 nitrogen and oxygen atoms in total. The zero-order valence-electron chi connectivity index (χ0n) is 14.4. The Morgan fingerprint density at radius 1 is 1.04 bits per heavy atom. The quantitative estimate of drug-likeness (QED) is 0.508. The summed E-state index contributed by atoms with van der Waals surface area (Å²) in [5.41, 5.74) is 1.68. The van der Waals surface area contributed by atoms with Crippen LogP contribution in [0.1, 0.15) is 0 Å². The molecule has 3 heterocycles. The molecule has 3 aromatic heterocycles. The number of anilines is 1. The Hall–Kier alpha value is -3.72. The van der Waals surface area contributed by atoms with Crippen LogP contribution in [-0.2, 0) is 11.3 Å². The molecule has 9 heteroatoms. The summed E-state index contributed by atoms with van der Waals surface area (Å²) < 4.78 is 7.98. The lowest BCUT2D eigenvalue weighted by Gasteiger charge is -2.04. The van der Waals surface area contributed by atoms with E-state index in [1.807, 2.05) is 47.8 Å². The minimum Gasteiger partial charge on any atom is -0.456 e. The average molecular weight is 391 g/mol. The summed E-state index contributed by atoms with van der Waals surface area (Å²) in [5, 5.41) is 14.8. The van der Waals surface area contributed by atoms with Gasteiger partial charge in [0.05, 0.1) is 0 Å². The highest BCUT2D eigenvalue weighted by molar-refractivity contribution is 7.12. The summed E-state index contributed by atoms with van der Waals surface area (Å²) >= 11 is 1.37. The molecule has 0 saturated heterocycles. The minimum atomic E-state index is -0.464. The number of rotatable bonds is 4. The molecule has 0 spiro atoms. The molecule has 138 valence electrons. The van der Waals surface area contributed by atoms with E-state index in [1.54, 1.807) is 12.1 Å². The number of fused-ring (bicyclic) bond motifs is 3. The van der Waals surface area contributed by atoms with E-state index in [0.717, 1.165) is 26.6 Å². The van der Waals surface area contributed by atoms with E-state index in [4.69, 9.17) is 4.42 Å². The van der Waals surface area contributed by atoms with Crippen LogP contribution >= 0.6 is 11.3 Å². The van der Waals surface area contributed by atoms with E-state index in [9.17, 15) is 9.59 Å². The van der Waals surface area contributed by atoms with Gasteiger partial charge >= 0.3 is 5.69 Å². The number of thiophene rings is 1. The van der Waals surface area contributed by atoms with Crippen molar-refractivity contribution in [3.8, 4) is 5.00 Å². The highest BCUT2D eigenvalue weighted by Gasteiger charge is 2.14. The van der Waals surface area contributed by atoms with Gasteiger partial charge in [-0.1, -0.05) is 18.2 Å². The van der Waals surface area contributed by atoms with E-state index in [0.29, 0.717) is 10.7 Å². The Bertz CT molecular complexity index is 1360. The molecule has 2 aromatic carbocycles. The van der Waals surface area contributed by atoms with Crippen molar-refractivity contribution in [2.75, 3.05) is 5.32 Å². The van der Waals surface area contributed by atoms with Crippen LogP contribution in [0.3, 0.4) is 0 Å². The molecule has 0 radical (unpaired) electrons. The number of nitrogens with one attached hydrogen (secondary N) is 1. The van der Waals surface area contributed by atoms with E-state index in [2.05, 4.69) is 15.7 Å². The molecule has 1 amide bonds. The highest BCUT2D eigenvalue weighted by Crippen LogP contribution is 2.30. The second kappa shape index (κ2) is 6.46. The zero-order valence-corrected chi connectivity index (χ0v) is 15.2. The molecule has 0 unspecified atom stereocenters. The van der Waals surface area contributed by atoms with Gasteiger partial charge < -0.3 is 9.73 Å². The molecule has 0 aliphatic rings. The number of hydrogen-bond acceptors (Lipinski definition) is 6. The van der Waals surface area contributed by atoms with Crippen molar-refractivity contribution in [1.29, 1.82) is 0 Å². The number of furan rings is 1. The minimum absolute atomic E-state index is 0.228. The molecular weight excluding hydrogens is 378 g/mol. The van der Waals surface area contributed by atoms with Crippen LogP contribution in [0.4, 0.5) is 5.69 Å². The van der Waals surface area contributed by atoms with Crippen molar-refractivity contribution < 1.29 is 9.21 Å². The Balaban J connectivity index is 1.39. The third-order valence-corrected chi connectivity index (χ3v) is 5.15. The average Bonchev–Trinajstić information content (AvgIpc) is 3.41. The first kappa shape index (κ1) is 16.5. The second-order valence-electron chi connectivity index (χ2n) is 6.14. The molecule has 1 N–H and O–H groups in total. The van der Waals surface area contributed by atoms with Crippen molar-refractivity contribution in [2.24, 2.45) is 0 Å². The van der Waals surface area contributed by atoms with Gasteiger partial charge in [0.15, 0.2) is 0 Å². The van der Waals surface area contributed by atoms with Gasteiger partial charge in [0.1, 0.15) is 22.7 Å². The smallest absolute Gasteiger partial charge is 0.369 e. The summed E-state index contributed by atoms with van der Waals surface area (Å²) in [6.07, 6.45) is 0. The number of para-hydroxylation sites is 1. The number of nitrogens with zero attached hydrogens (tertiary/aromatic N) is 4. The van der Waals surface area contributed by atoms with Crippen LogP contribution in [0.25, 0.3) is 26.9 Å². The van der Waals surface area contributed by atoms with E-state index < -0.39 is 5.69 Å². The normalized spacial score (nSPS) is 11.3. The second-order valence-corrected chi connectivity index (χ2v) is 7.07. The maximum atomic E-state index is 12.4. The van der Waals surface area contributed by atoms with Crippen molar-refractivity contribution in [2.45, 2.75) is 6.54 Å². The fourth-order valence-electron chi connectivity index (χ4n) is 3.04. The number of benzene rings is 2. The van der Waals surface area contributed by atoms with Crippen molar-refractivity contribution in [3.63, 3.8) is 0 Å². The molecule has 0 aliphatic heterocycles. The van der Waals surface area contributed by atoms with Gasteiger partial charge in [-0.05, 0) is 52.2 Å². The maximum Gasteiger partial charge on any atom is 0.369 e. The Morgan fingerprint density at radius 2 is 1.89 bits per heavy atom. The molecule has 0 atom stereocenters. The lowest BCUT2D eigenvalue weighted by molar-refractivity contribution is -0.117. The van der Waals surface area contributed by atoms with Crippen molar-refractivity contribution >= 4 is 44.9 Å². The molecule has 0 fully saturated rings. The summed E-state index contributed by atoms with van der Waals surface area (Å²) in [4.78, 5) is 24.8. The van der Waals surface area contributed by atoms with Crippen LogP contribution in [-0.4, -0.2) is 25.7 Å². The number of aromatic nitrogens is 4. The van der Waals surface area contributed by atoms with Gasteiger partial charge in [0, 0.05) is 16.5 Å². The molecule has 0 saturated carbocycles. The first-order chi connectivity index (χ1) is 13.7. The van der Waals surface area contributed by atoms with Gasteiger partial charge in [-0.3, -0.25) is 4.79 Å². The third-order valence-electron chi connectivity index (χ3n) is 4.31. The van der Waals surface area contributed by atoms with E-state index in [-0.39, 0.29) is 12.5 Å². The van der Waals surface area contributed by atoms with Gasteiger partial charge in [0.2, 0.25) is 5.91 Å². The molecule has 0 bridgehead atoms. The standard InChI is InChI=1S/C19H13N5O3S/c25-17(11-23-19(26)24(22-21-23)18-6-3-9-28-18)20-12-7-8-16-14(10-12)13-4-1-2-5-15(13)27-16/h1-10H,11H2,(H,20,25). The van der Waals surface area contributed by atoms with Crippen LogP contribution in [0, 0.1) is 0 Å². The van der Waals surface area contributed by atoms with E-state index in [1.165, 1.54) is 16.0 Å². The number of hydrogen-bond donors (Lipinski definition) is 1. The van der Waals surface area contributed by atoms with Crippen molar-refractivity contribution in [3.05, 3.63) is 70.5 Å².